The summed E-state index contributed by atoms with van der Waals surface area (Å²) in [5.41, 5.74) is 5.17. The van der Waals surface area contributed by atoms with Crippen molar-refractivity contribution in [3.05, 3.63) is 28.2 Å². The Kier molecular flexibility index (Phi) is 4.99. The summed E-state index contributed by atoms with van der Waals surface area (Å²) in [4.78, 5) is 11.5. The molecule has 0 aromatic heterocycles. The molecule has 1 atom stereocenters. The van der Waals surface area contributed by atoms with Crippen LogP contribution in [-0.2, 0) is 4.79 Å². The first-order valence-electron chi connectivity index (χ1n) is 4.62. The van der Waals surface area contributed by atoms with E-state index in [1.54, 1.807) is 19.1 Å². The molecule has 0 aliphatic rings. The summed E-state index contributed by atoms with van der Waals surface area (Å²) in [6, 6.07) is 4.72. The van der Waals surface area contributed by atoms with E-state index in [4.69, 9.17) is 33.7 Å². The number of ether oxygens (including phenoxy) is 1. The van der Waals surface area contributed by atoms with Crippen molar-refractivity contribution in [2.24, 2.45) is 5.73 Å². The zero-order chi connectivity index (χ0) is 13.0. The molecule has 0 aliphatic carbocycles. The summed E-state index contributed by atoms with van der Waals surface area (Å²) in [6.07, 6.45) is -0.768. The monoisotopic (exact) mass is 292 g/mol. The number of nitrogens with one attached hydrogen (secondary N) is 1. The molecule has 7 heteroatoms. The first-order chi connectivity index (χ1) is 7.90. The minimum Gasteiger partial charge on any atom is -0.479 e. The van der Waals surface area contributed by atoms with Gasteiger partial charge in [0.25, 0.3) is 5.91 Å². The normalized spacial score (nSPS) is 11.7. The van der Waals surface area contributed by atoms with Crippen molar-refractivity contribution in [1.82, 2.24) is 5.32 Å². The number of carbonyl (C=O) groups excluding carboxylic acids is 1. The van der Waals surface area contributed by atoms with Crippen molar-refractivity contribution >= 4 is 46.4 Å². The molecular weight excluding hydrogens is 283 g/mol. The molecule has 92 valence electrons. The minimum absolute atomic E-state index is 0.104. The fraction of sp³-hybridized carbons (Fsp3) is 0.200. The number of halogens is 2. The number of thiocarbonyl (C=S) groups is 1. The van der Waals surface area contributed by atoms with Gasteiger partial charge in [-0.15, -0.1) is 0 Å². The molecule has 1 amide bonds. The smallest absolute Gasteiger partial charge is 0.266 e. The van der Waals surface area contributed by atoms with E-state index in [1.165, 1.54) is 6.07 Å². The number of carbonyl (C=O) groups is 1. The molecule has 1 aromatic rings. The highest BCUT2D eigenvalue weighted by molar-refractivity contribution is 7.80. The molecule has 0 bridgehead atoms. The summed E-state index contributed by atoms with van der Waals surface area (Å²) >= 11 is 16.2. The third-order valence-corrected chi connectivity index (χ3v) is 2.45. The van der Waals surface area contributed by atoms with Crippen LogP contribution in [0.3, 0.4) is 0 Å². The third kappa shape index (κ3) is 4.38. The van der Waals surface area contributed by atoms with Crippen molar-refractivity contribution in [3.63, 3.8) is 0 Å². The van der Waals surface area contributed by atoms with Gasteiger partial charge in [-0.05, 0) is 37.3 Å². The van der Waals surface area contributed by atoms with Gasteiger partial charge in [-0.3, -0.25) is 4.79 Å². The van der Waals surface area contributed by atoms with E-state index in [1.807, 2.05) is 0 Å². The molecule has 1 rings (SSSR count). The van der Waals surface area contributed by atoms with Gasteiger partial charge in [0.1, 0.15) is 5.75 Å². The van der Waals surface area contributed by atoms with E-state index < -0.39 is 12.0 Å². The van der Waals surface area contributed by atoms with Crippen molar-refractivity contribution in [2.75, 3.05) is 0 Å². The summed E-state index contributed by atoms with van der Waals surface area (Å²) in [5, 5.41) is 2.98. The molecule has 0 saturated carbocycles. The van der Waals surface area contributed by atoms with Gasteiger partial charge >= 0.3 is 0 Å². The Bertz CT molecular complexity index is 454. The summed E-state index contributed by atoms with van der Waals surface area (Å²) in [7, 11) is 0. The number of rotatable bonds is 3. The van der Waals surface area contributed by atoms with E-state index in [0.29, 0.717) is 15.8 Å². The van der Waals surface area contributed by atoms with Gasteiger partial charge in [0, 0.05) is 5.02 Å². The molecule has 0 spiro atoms. The van der Waals surface area contributed by atoms with E-state index in [-0.39, 0.29) is 5.11 Å². The highest BCUT2D eigenvalue weighted by Crippen LogP contribution is 2.28. The lowest BCUT2D eigenvalue weighted by Gasteiger charge is -2.15. The number of hydrogen-bond donors (Lipinski definition) is 2. The Hall–Kier alpha value is -1.04. The maximum atomic E-state index is 11.5. The number of benzene rings is 1. The van der Waals surface area contributed by atoms with Gasteiger partial charge in [0.2, 0.25) is 0 Å². The van der Waals surface area contributed by atoms with Crippen LogP contribution in [0.5, 0.6) is 5.75 Å². The second kappa shape index (κ2) is 6.05. The number of nitrogens with two attached hydrogens (primary N) is 1. The Morgan fingerprint density at radius 2 is 2.18 bits per heavy atom. The number of hydrogen-bond acceptors (Lipinski definition) is 3. The van der Waals surface area contributed by atoms with E-state index in [9.17, 15) is 4.79 Å². The van der Waals surface area contributed by atoms with Crippen LogP contribution in [-0.4, -0.2) is 17.1 Å². The van der Waals surface area contributed by atoms with Crippen LogP contribution < -0.4 is 15.8 Å². The van der Waals surface area contributed by atoms with E-state index in [0.717, 1.165) is 0 Å². The van der Waals surface area contributed by atoms with Crippen molar-refractivity contribution in [3.8, 4) is 5.75 Å². The van der Waals surface area contributed by atoms with E-state index in [2.05, 4.69) is 17.5 Å². The predicted octanol–water partition coefficient (Wildman–Crippen LogP) is 2.12. The molecule has 1 unspecified atom stereocenters. The summed E-state index contributed by atoms with van der Waals surface area (Å²) < 4.78 is 5.34. The second-order valence-corrected chi connectivity index (χ2v) is 4.47. The largest absolute Gasteiger partial charge is 0.479 e. The Labute approximate surface area is 114 Å². The lowest BCUT2D eigenvalue weighted by molar-refractivity contribution is -0.125. The van der Waals surface area contributed by atoms with Crippen molar-refractivity contribution in [1.29, 1.82) is 0 Å². The quantitative estimate of drug-likeness (QED) is 0.838. The van der Waals surface area contributed by atoms with Gasteiger partial charge in [-0.2, -0.15) is 0 Å². The summed E-state index contributed by atoms with van der Waals surface area (Å²) in [6.45, 7) is 1.55. The summed E-state index contributed by atoms with van der Waals surface area (Å²) in [5.74, 6) is -0.0785. The first kappa shape index (κ1) is 14.0. The molecule has 17 heavy (non-hydrogen) atoms. The number of amides is 1. The minimum atomic E-state index is -0.768. The maximum Gasteiger partial charge on any atom is 0.266 e. The SMILES string of the molecule is CC(Oc1ccc(Cl)cc1Cl)C(=O)NC(N)=S. The average Bonchev–Trinajstić information content (AvgIpc) is 2.21. The van der Waals surface area contributed by atoms with Crippen molar-refractivity contribution < 1.29 is 9.53 Å². The lowest BCUT2D eigenvalue weighted by Crippen LogP contribution is -2.42. The predicted molar refractivity (Wildman–Crippen MR) is 71.5 cm³/mol. The van der Waals surface area contributed by atoms with Gasteiger partial charge in [-0.25, -0.2) is 0 Å². The molecule has 0 aliphatic heterocycles. The van der Waals surface area contributed by atoms with Gasteiger partial charge < -0.3 is 15.8 Å². The van der Waals surface area contributed by atoms with Crippen LogP contribution in [0.2, 0.25) is 10.0 Å². The highest BCUT2D eigenvalue weighted by Gasteiger charge is 2.16. The Morgan fingerprint density at radius 1 is 1.53 bits per heavy atom. The van der Waals surface area contributed by atoms with Crippen LogP contribution in [0.25, 0.3) is 0 Å². The van der Waals surface area contributed by atoms with Crippen LogP contribution in [0.4, 0.5) is 0 Å². The fourth-order valence-corrected chi connectivity index (χ4v) is 1.59. The third-order valence-electron chi connectivity index (χ3n) is 1.81. The van der Waals surface area contributed by atoms with Crippen LogP contribution in [0.1, 0.15) is 6.92 Å². The molecule has 0 fully saturated rings. The molecular formula is C10H10Cl2N2O2S. The molecule has 1 aromatic carbocycles. The Balaban J connectivity index is 2.70. The maximum absolute atomic E-state index is 11.5. The average molecular weight is 293 g/mol. The Morgan fingerprint density at radius 3 is 2.71 bits per heavy atom. The van der Waals surface area contributed by atoms with Gasteiger partial charge in [-0.1, -0.05) is 23.2 Å². The van der Waals surface area contributed by atoms with Crippen molar-refractivity contribution in [2.45, 2.75) is 13.0 Å². The fourth-order valence-electron chi connectivity index (χ4n) is 1.04. The molecule has 4 nitrogen and oxygen atoms in total. The van der Waals surface area contributed by atoms with Crippen LogP contribution in [0.15, 0.2) is 18.2 Å². The molecule has 0 saturated heterocycles. The van der Waals surface area contributed by atoms with E-state index >= 15 is 0 Å². The molecule has 3 N–H and O–H groups in total. The molecule has 0 heterocycles. The van der Waals surface area contributed by atoms with Crippen LogP contribution >= 0.6 is 35.4 Å². The van der Waals surface area contributed by atoms with Gasteiger partial charge in [0.15, 0.2) is 11.2 Å². The van der Waals surface area contributed by atoms with Gasteiger partial charge in [0.05, 0.1) is 5.02 Å². The molecule has 0 radical (unpaired) electrons. The second-order valence-electron chi connectivity index (χ2n) is 3.19. The highest BCUT2D eigenvalue weighted by atomic mass is 35.5. The topological polar surface area (TPSA) is 64.3 Å². The zero-order valence-electron chi connectivity index (χ0n) is 8.87. The lowest BCUT2D eigenvalue weighted by atomic mass is 10.3. The first-order valence-corrected chi connectivity index (χ1v) is 5.78. The standard InChI is InChI=1S/C10H10Cl2N2O2S/c1-5(9(15)14-10(13)17)16-8-3-2-6(11)4-7(8)12/h2-5H,1H3,(H3,13,14,15,17). The zero-order valence-corrected chi connectivity index (χ0v) is 11.2. The van der Waals surface area contributed by atoms with Crippen LogP contribution in [0, 0.1) is 0 Å².